The molecule has 0 saturated carbocycles. The van der Waals surface area contributed by atoms with Crippen molar-refractivity contribution >= 4 is 21.9 Å². The first-order valence-corrected chi connectivity index (χ1v) is 12.1. The molecule has 0 fully saturated rings. The quantitative estimate of drug-likeness (QED) is 0.199. The molecule has 0 spiro atoms. The Bertz CT molecular complexity index is 1720. The fourth-order valence-electron chi connectivity index (χ4n) is 4.49. The zero-order valence-electron chi connectivity index (χ0n) is 21.1. The second kappa shape index (κ2) is 10.0. The van der Waals surface area contributed by atoms with Crippen molar-refractivity contribution in [2.24, 2.45) is 0 Å². The Morgan fingerprint density at radius 1 is 0.895 bits per heavy atom. The molecule has 4 aromatic heterocycles. The molecule has 6 rings (SSSR count). The first-order valence-electron chi connectivity index (χ1n) is 12.1. The number of aromatic nitrogens is 4. The summed E-state index contributed by atoms with van der Waals surface area (Å²) in [7, 11) is 0. The third-order valence-electron chi connectivity index (χ3n) is 6.39. The third-order valence-corrected chi connectivity index (χ3v) is 6.39. The van der Waals surface area contributed by atoms with E-state index in [1.165, 1.54) is 0 Å². The molecule has 192 valence electrons. The topological polar surface area (TPSA) is 73.1 Å². The Hall–Kier alpha value is -4.02. The van der Waals surface area contributed by atoms with E-state index in [0.29, 0.717) is 22.8 Å². The van der Waals surface area contributed by atoms with Gasteiger partial charge in [0, 0.05) is 56.0 Å². The molecule has 0 bridgehead atoms. The smallest absolute Gasteiger partial charge is 0.219 e. The van der Waals surface area contributed by atoms with E-state index < -0.39 is 0 Å². The van der Waals surface area contributed by atoms with Crippen LogP contribution in [0.25, 0.3) is 38.9 Å². The van der Waals surface area contributed by atoms with Gasteiger partial charge in [0.25, 0.3) is 0 Å². The molecule has 6 aromatic rings. The average Bonchev–Trinajstić information content (AvgIpc) is 3.23. The summed E-state index contributed by atoms with van der Waals surface area (Å²) in [5, 5.41) is 12.5. The van der Waals surface area contributed by atoms with Crippen LogP contribution in [0.15, 0.2) is 91.4 Å². The van der Waals surface area contributed by atoms with Crippen molar-refractivity contribution in [2.45, 2.75) is 26.2 Å². The van der Waals surface area contributed by atoms with Crippen molar-refractivity contribution in [1.82, 2.24) is 19.5 Å². The van der Waals surface area contributed by atoms with Crippen molar-refractivity contribution < 1.29 is 30.9 Å². The monoisotopic (exact) mass is 680 g/mol. The Labute approximate surface area is 235 Å². The molecule has 0 aliphatic rings. The van der Waals surface area contributed by atoms with Gasteiger partial charge in [0.2, 0.25) is 5.88 Å². The first kappa shape index (κ1) is 25.6. The molecule has 0 saturated heterocycles. The van der Waals surface area contributed by atoms with Gasteiger partial charge in [-0.05, 0) is 53.1 Å². The minimum Gasteiger partial charge on any atom is -0.517 e. The van der Waals surface area contributed by atoms with E-state index in [-0.39, 0.29) is 32.2 Å². The van der Waals surface area contributed by atoms with Gasteiger partial charge >= 0.3 is 0 Å². The van der Waals surface area contributed by atoms with Gasteiger partial charge in [-0.3, -0.25) is 9.55 Å². The van der Waals surface area contributed by atoms with Crippen LogP contribution in [0.1, 0.15) is 26.3 Å². The Morgan fingerprint density at radius 3 is 2.53 bits per heavy atom. The second-order valence-corrected chi connectivity index (χ2v) is 9.95. The molecule has 0 unspecified atom stereocenters. The van der Waals surface area contributed by atoms with Gasteiger partial charge in [0.1, 0.15) is 11.5 Å². The molecule has 0 aliphatic carbocycles. The van der Waals surface area contributed by atoms with E-state index in [9.17, 15) is 5.11 Å². The zero-order valence-corrected chi connectivity index (χ0v) is 23.4. The molecule has 0 atom stereocenters. The van der Waals surface area contributed by atoms with Gasteiger partial charge < -0.3 is 9.84 Å². The van der Waals surface area contributed by atoms with E-state index in [0.717, 1.165) is 33.3 Å². The van der Waals surface area contributed by atoms with Crippen LogP contribution < -0.4 is 4.74 Å². The number of hydrogen-bond donors (Lipinski definition) is 1. The summed E-state index contributed by atoms with van der Waals surface area (Å²) < 4.78 is 8.36. The van der Waals surface area contributed by atoms with Crippen LogP contribution in [-0.2, 0) is 26.5 Å². The average molecular weight is 681 g/mol. The summed E-state index contributed by atoms with van der Waals surface area (Å²) in [4.78, 5) is 13.7. The van der Waals surface area contributed by atoms with Gasteiger partial charge in [-0.25, -0.2) is 4.98 Å². The zero-order chi connectivity index (χ0) is 25.6. The number of rotatable bonds is 4. The SMILES string of the molecule is CC(C)(C)c1cc(Oc2[c-]c(-c3cnccc3O)ccc2)nc(-n2c3ccccc3c3cccnc32)c1.[Pt]. The van der Waals surface area contributed by atoms with Gasteiger partial charge in [0.05, 0.1) is 11.3 Å². The number of benzene rings is 2. The van der Waals surface area contributed by atoms with E-state index >= 15 is 0 Å². The van der Waals surface area contributed by atoms with Gasteiger partial charge in [-0.15, -0.1) is 23.8 Å². The molecule has 7 heteroatoms. The largest absolute Gasteiger partial charge is 0.517 e. The Kier molecular flexibility index (Phi) is 6.76. The minimum atomic E-state index is -0.144. The summed E-state index contributed by atoms with van der Waals surface area (Å²) >= 11 is 0. The molecule has 2 aromatic carbocycles. The van der Waals surface area contributed by atoms with Crippen molar-refractivity contribution in [2.75, 3.05) is 0 Å². The summed E-state index contributed by atoms with van der Waals surface area (Å²) in [6.45, 7) is 6.49. The number of para-hydroxylation sites is 1. The molecule has 0 amide bonds. The summed E-state index contributed by atoms with van der Waals surface area (Å²) in [6.07, 6.45) is 4.96. The van der Waals surface area contributed by atoms with E-state index in [2.05, 4.69) is 60.7 Å². The second-order valence-electron chi connectivity index (χ2n) is 9.95. The number of hydrogen-bond acceptors (Lipinski definition) is 5. The maximum atomic E-state index is 10.3. The number of ether oxygens (including phenoxy) is 1. The molecular formula is C31H25N4O2Pt-. The molecule has 1 N–H and O–H groups in total. The predicted molar refractivity (Wildman–Crippen MR) is 145 cm³/mol. The van der Waals surface area contributed by atoms with Crippen molar-refractivity contribution in [3.63, 3.8) is 0 Å². The number of nitrogens with zero attached hydrogens (tertiary/aromatic N) is 4. The predicted octanol–water partition coefficient (Wildman–Crippen LogP) is 7.23. The van der Waals surface area contributed by atoms with Crippen LogP contribution in [-0.4, -0.2) is 24.6 Å². The number of aromatic hydroxyl groups is 1. The van der Waals surface area contributed by atoms with Gasteiger partial charge in [0.15, 0.2) is 0 Å². The van der Waals surface area contributed by atoms with E-state index in [4.69, 9.17) is 14.7 Å². The van der Waals surface area contributed by atoms with Crippen LogP contribution in [0.2, 0.25) is 0 Å². The van der Waals surface area contributed by atoms with Crippen molar-refractivity contribution in [3.8, 4) is 34.3 Å². The van der Waals surface area contributed by atoms with Crippen LogP contribution in [0, 0.1) is 6.07 Å². The fraction of sp³-hybridized carbons (Fsp3) is 0.129. The first-order chi connectivity index (χ1) is 17.9. The number of fused-ring (bicyclic) bond motifs is 3. The standard InChI is InChI=1S/C31H25N4O2.Pt/c1-31(2,3)21-17-28(35-26-12-5-4-10-23(26)24-11-7-14-33-30(24)35)34-29(18-21)37-22-9-6-8-20(16-22)25-19-32-15-13-27(25)36;/h4-15,17-19H,1-3H3,(H,32,36);/q-1;. The minimum absolute atomic E-state index is 0. The Balaban J connectivity index is 0.00000294. The normalized spacial score (nSPS) is 11.4. The fourth-order valence-corrected chi connectivity index (χ4v) is 4.49. The van der Waals surface area contributed by atoms with Gasteiger partial charge in [-0.1, -0.05) is 45.0 Å². The van der Waals surface area contributed by atoms with Crippen LogP contribution in [0.4, 0.5) is 0 Å². The molecule has 38 heavy (non-hydrogen) atoms. The molecule has 0 aliphatic heterocycles. The van der Waals surface area contributed by atoms with Crippen molar-refractivity contribution in [3.05, 3.63) is 103 Å². The van der Waals surface area contributed by atoms with Gasteiger partial charge in [-0.2, -0.15) is 4.98 Å². The molecular weight excluding hydrogens is 655 g/mol. The van der Waals surface area contributed by atoms with E-state index in [1.807, 2.05) is 42.5 Å². The Morgan fingerprint density at radius 2 is 1.71 bits per heavy atom. The third kappa shape index (κ3) is 4.68. The van der Waals surface area contributed by atoms with Crippen molar-refractivity contribution in [1.29, 1.82) is 0 Å². The van der Waals surface area contributed by atoms with Crippen LogP contribution >= 0.6 is 0 Å². The molecule has 0 radical (unpaired) electrons. The van der Waals surface area contributed by atoms with E-state index in [1.54, 1.807) is 24.7 Å². The summed E-state index contributed by atoms with van der Waals surface area (Å²) in [5.41, 5.74) is 4.07. The van der Waals surface area contributed by atoms with Crippen LogP contribution in [0.5, 0.6) is 17.4 Å². The van der Waals surface area contributed by atoms with Crippen LogP contribution in [0.3, 0.4) is 0 Å². The summed E-state index contributed by atoms with van der Waals surface area (Å²) in [5.74, 6) is 1.81. The maximum absolute atomic E-state index is 10.3. The maximum Gasteiger partial charge on any atom is 0.219 e. The molecule has 6 nitrogen and oxygen atoms in total. The molecule has 4 heterocycles. The number of pyridine rings is 3. The summed E-state index contributed by atoms with van der Waals surface area (Å²) in [6, 6.07) is 26.7.